The first-order valence-corrected chi connectivity index (χ1v) is 11.2. The highest BCUT2D eigenvalue weighted by atomic mass is 16.5. The Labute approximate surface area is 172 Å². The molecule has 0 fully saturated rings. The minimum absolute atomic E-state index is 0.0192. The van der Waals surface area contributed by atoms with Gasteiger partial charge in [0.1, 0.15) is 5.75 Å². The van der Waals surface area contributed by atoms with Gasteiger partial charge in [0.25, 0.3) is 0 Å². The van der Waals surface area contributed by atoms with E-state index in [0.717, 1.165) is 24.2 Å². The van der Waals surface area contributed by atoms with E-state index in [2.05, 4.69) is 17.5 Å². The number of ether oxygens (including phenoxy) is 1. The zero-order valence-corrected chi connectivity index (χ0v) is 18.0. The number of carbonyl (C=O) groups excluding carboxylic acids is 1. The van der Waals surface area contributed by atoms with Crippen molar-refractivity contribution >= 4 is 12.1 Å². The Morgan fingerprint density at radius 1 is 0.893 bits per heavy atom. The van der Waals surface area contributed by atoms with E-state index >= 15 is 0 Å². The van der Waals surface area contributed by atoms with E-state index in [4.69, 9.17) is 4.74 Å². The van der Waals surface area contributed by atoms with Gasteiger partial charge in [-0.2, -0.15) is 5.10 Å². The fourth-order valence-electron chi connectivity index (χ4n) is 3.31. The Hall–Kier alpha value is -1.84. The Morgan fingerprint density at radius 2 is 1.43 bits per heavy atom. The summed E-state index contributed by atoms with van der Waals surface area (Å²) < 4.78 is 5.25. The maximum atomic E-state index is 11.8. The van der Waals surface area contributed by atoms with Crippen LogP contribution in [0, 0.1) is 0 Å². The average molecular weight is 389 g/mol. The summed E-state index contributed by atoms with van der Waals surface area (Å²) in [5.74, 6) is 0.728. The summed E-state index contributed by atoms with van der Waals surface area (Å²) >= 11 is 0. The molecule has 4 heteroatoms. The van der Waals surface area contributed by atoms with Gasteiger partial charge in [0.15, 0.2) is 0 Å². The summed E-state index contributed by atoms with van der Waals surface area (Å²) in [7, 11) is 1.62. The van der Waals surface area contributed by atoms with Crippen molar-refractivity contribution < 1.29 is 9.53 Å². The number of amides is 1. The average Bonchev–Trinajstić information content (AvgIpc) is 2.71. The molecule has 1 aromatic carbocycles. The van der Waals surface area contributed by atoms with Crippen LogP contribution in [0.15, 0.2) is 29.4 Å². The minimum Gasteiger partial charge on any atom is -0.496 e. The van der Waals surface area contributed by atoms with E-state index in [0.29, 0.717) is 6.42 Å². The van der Waals surface area contributed by atoms with Crippen LogP contribution < -0.4 is 10.2 Å². The van der Waals surface area contributed by atoms with Gasteiger partial charge in [-0.3, -0.25) is 4.79 Å². The van der Waals surface area contributed by atoms with Crippen LogP contribution in [0.4, 0.5) is 0 Å². The highest BCUT2D eigenvalue weighted by Crippen LogP contribution is 2.15. The Kier molecular flexibility index (Phi) is 14.9. The first-order valence-electron chi connectivity index (χ1n) is 11.2. The molecule has 0 bridgehead atoms. The fraction of sp³-hybridized carbons (Fsp3) is 0.667. The van der Waals surface area contributed by atoms with E-state index in [1.54, 1.807) is 13.3 Å². The van der Waals surface area contributed by atoms with Crippen molar-refractivity contribution in [3.63, 3.8) is 0 Å². The number of hydrogen-bond acceptors (Lipinski definition) is 3. The van der Waals surface area contributed by atoms with Crippen LogP contribution >= 0.6 is 0 Å². The number of hydrogen-bond donors (Lipinski definition) is 1. The van der Waals surface area contributed by atoms with Crippen molar-refractivity contribution in [1.82, 2.24) is 5.43 Å². The molecule has 0 radical (unpaired) electrons. The second-order valence-corrected chi connectivity index (χ2v) is 7.53. The Morgan fingerprint density at radius 3 is 2.00 bits per heavy atom. The quantitative estimate of drug-likeness (QED) is 0.185. The molecule has 0 spiro atoms. The number of benzene rings is 1. The summed E-state index contributed by atoms with van der Waals surface area (Å²) in [6, 6.07) is 7.60. The van der Waals surface area contributed by atoms with Crippen molar-refractivity contribution in [1.29, 1.82) is 0 Å². The molecule has 1 aromatic rings. The van der Waals surface area contributed by atoms with Crippen LogP contribution in [0.25, 0.3) is 0 Å². The van der Waals surface area contributed by atoms with Gasteiger partial charge in [-0.05, 0) is 18.6 Å². The van der Waals surface area contributed by atoms with Crippen molar-refractivity contribution in [2.75, 3.05) is 7.11 Å². The number of unbranched alkanes of at least 4 members (excludes halogenated alkanes) is 12. The summed E-state index contributed by atoms with van der Waals surface area (Å²) in [5, 5.41) is 4.03. The highest BCUT2D eigenvalue weighted by molar-refractivity contribution is 5.85. The Bertz CT molecular complexity index is 543. The van der Waals surface area contributed by atoms with Crippen LogP contribution in [0.3, 0.4) is 0 Å². The third-order valence-electron chi connectivity index (χ3n) is 5.04. The van der Waals surface area contributed by atoms with Gasteiger partial charge < -0.3 is 4.74 Å². The predicted octanol–water partition coefficient (Wildman–Crippen LogP) is 6.63. The maximum Gasteiger partial charge on any atom is 0.240 e. The molecule has 0 saturated carbocycles. The van der Waals surface area contributed by atoms with Gasteiger partial charge in [-0.1, -0.05) is 96.1 Å². The molecule has 0 aliphatic carbocycles. The van der Waals surface area contributed by atoms with Gasteiger partial charge in [-0.25, -0.2) is 5.43 Å². The Balaban J connectivity index is 1.93. The van der Waals surface area contributed by atoms with Crippen LogP contribution in [0.2, 0.25) is 0 Å². The number of rotatable bonds is 17. The van der Waals surface area contributed by atoms with Crippen LogP contribution in [-0.2, 0) is 4.79 Å². The van der Waals surface area contributed by atoms with Gasteiger partial charge in [0.2, 0.25) is 5.91 Å². The molecule has 158 valence electrons. The highest BCUT2D eigenvalue weighted by Gasteiger charge is 2.01. The lowest BCUT2D eigenvalue weighted by atomic mass is 10.0. The standard InChI is InChI=1S/C24H40N2O2/c1-3-4-5-6-7-8-9-10-11-12-13-14-15-20-24(27)26-25-21-22-18-16-17-19-23(22)28-2/h16-19,21H,3-15,20H2,1-2H3,(H,26,27)/b25-21+. The number of methoxy groups -OCH3 is 1. The fourth-order valence-corrected chi connectivity index (χ4v) is 3.31. The number of nitrogens with zero attached hydrogens (tertiary/aromatic N) is 1. The third-order valence-corrected chi connectivity index (χ3v) is 5.04. The molecule has 1 rings (SSSR count). The summed E-state index contributed by atoms with van der Waals surface area (Å²) in [5.41, 5.74) is 3.45. The summed E-state index contributed by atoms with van der Waals surface area (Å²) in [6.07, 6.45) is 19.2. The van der Waals surface area contributed by atoms with Crippen molar-refractivity contribution in [3.05, 3.63) is 29.8 Å². The number of nitrogens with one attached hydrogen (secondary N) is 1. The molecule has 0 aromatic heterocycles. The normalized spacial score (nSPS) is 11.1. The first-order chi connectivity index (χ1) is 13.8. The molecule has 28 heavy (non-hydrogen) atoms. The topological polar surface area (TPSA) is 50.7 Å². The van der Waals surface area contributed by atoms with E-state index < -0.39 is 0 Å². The second kappa shape index (κ2) is 17.3. The molecule has 1 amide bonds. The molecule has 0 aliphatic rings. The van der Waals surface area contributed by atoms with E-state index in [1.807, 2.05) is 24.3 Å². The number of carbonyl (C=O) groups is 1. The van der Waals surface area contributed by atoms with Gasteiger partial charge >= 0.3 is 0 Å². The van der Waals surface area contributed by atoms with E-state index in [-0.39, 0.29) is 5.91 Å². The summed E-state index contributed by atoms with van der Waals surface area (Å²) in [4.78, 5) is 11.8. The zero-order chi connectivity index (χ0) is 20.3. The van der Waals surface area contributed by atoms with Crippen molar-refractivity contribution in [2.24, 2.45) is 5.10 Å². The van der Waals surface area contributed by atoms with Crippen LogP contribution in [-0.4, -0.2) is 19.2 Å². The number of hydrazone groups is 1. The lowest BCUT2D eigenvalue weighted by Gasteiger charge is -2.04. The van der Waals surface area contributed by atoms with Gasteiger partial charge in [-0.15, -0.1) is 0 Å². The lowest BCUT2D eigenvalue weighted by molar-refractivity contribution is -0.121. The largest absolute Gasteiger partial charge is 0.496 e. The van der Waals surface area contributed by atoms with E-state index in [1.165, 1.54) is 70.6 Å². The number of para-hydroxylation sites is 1. The smallest absolute Gasteiger partial charge is 0.240 e. The summed E-state index contributed by atoms with van der Waals surface area (Å²) in [6.45, 7) is 2.27. The minimum atomic E-state index is -0.0192. The van der Waals surface area contributed by atoms with Crippen LogP contribution in [0.5, 0.6) is 5.75 Å². The maximum absolute atomic E-state index is 11.8. The molecular formula is C24H40N2O2. The molecular weight excluding hydrogens is 348 g/mol. The molecule has 1 N–H and O–H groups in total. The van der Waals surface area contributed by atoms with Gasteiger partial charge in [0, 0.05) is 12.0 Å². The second-order valence-electron chi connectivity index (χ2n) is 7.53. The van der Waals surface area contributed by atoms with Crippen LogP contribution in [0.1, 0.15) is 102 Å². The molecule has 4 nitrogen and oxygen atoms in total. The zero-order valence-electron chi connectivity index (χ0n) is 18.0. The first kappa shape index (κ1) is 24.2. The van der Waals surface area contributed by atoms with Crippen molar-refractivity contribution in [2.45, 2.75) is 96.8 Å². The SMILES string of the molecule is CCCCCCCCCCCCCCCC(=O)N/N=C/c1ccccc1OC. The third kappa shape index (κ3) is 12.5. The van der Waals surface area contributed by atoms with E-state index in [9.17, 15) is 4.79 Å². The molecule has 0 unspecified atom stereocenters. The lowest BCUT2D eigenvalue weighted by Crippen LogP contribution is -2.16. The molecule has 0 heterocycles. The molecule has 0 aliphatic heterocycles. The molecule has 0 saturated heterocycles. The van der Waals surface area contributed by atoms with Gasteiger partial charge in [0.05, 0.1) is 13.3 Å². The molecule has 0 atom stereocenters. The predicted molar refractivity (Wildman–Crippen MR) is 119 cm³/mol. The monoisotopic (exact) mass is 388 g/mol. The van der Waals surface area contributed by atoms with Crippen molar-refractivity contribution in [3.8, 4) is 5.75 Å².